The fraction of sp³-hybridized carbons (Fsp3) is 0.500. The average Bonchev–Trinajstić information content (AvgIpc) is 2.47. The molecule has 1 heterocycles. The van der Waals surface area contributed by atoms with Crippen LogP contribution in [0.25, 0.3) is 0 Å². The van der Waals surface area contributed by atoms with E-state index < -0.39 is 11.4 Å². The highest BCUT2D eigenvalue weighted by molar-refractivity contribution is 5.78. The van der Waals surface area contributed by atoms with Gasteiger partial charge in [0.05, 0.1) is 5.41 Å². The smallest absolute Gasteiger partial charge is 0.309 e. The lowest BCUT2D eigenvalue weighted by molar-refractivity contribution is -0.153. The number of carboxylic acids is 1. The molecule has 1 aromatic rings. The molecule has 1 fully saturated rings. The predicted molar refractivity (Wildman–Crippen MR) is 80.7 cm³/mol. The second-order valence-corrected chi connectivity index (χ2v) is 5.99. The van der Waals surface area contributed by atoms with Crippen molar-refractivity contribution in [1.29, 1.82) is 0 Å². The number of likely N-dealkylation sites (tertiary alicyclic amines) is 1. The standard InChI is InChI=1S/C16H22N2O3/c1-16(15(20)21)8-10-18(11-9-16)14(19)7-4-12-2-5-13(17)6-3-12/h2-3,5-6H,4,7-11,17H2,1H3,(H,20,21). The van der Waals surface area contributed by atoms with Gasteiger partial charge in [0.15, 0.2) is 0 Å². The topological polar surface area (TPSA) is 83.6 Å². The van der Waals surface area contributed by atoms with Gasteiger partial charge in [0.25, 0.3) is 0 Å². The number of rotatable bonds is 4. The molecule has 0 spiro atoms. The van der Waals surface area contributed by atoms with Crippen LogP contribution in [0.2, 0.25) is 0 Å². The molecule has 1 saturated heterocycles. The van der Waals surface area contributed by atoms with Gasteiger partial charge in [-0.2, -0.15) is 0 Å². The van der Waals surface area contributed by atoms with Gasteiger partial charge >= 0.3 is 5.97 Å². The molecule has 0 radical (unpaired) electrons. The van der Waals surface area contributed by atoms with Crippen molar-refractivity contribution in [2.24, 2.45) is 5.41 Å². The van der Waals surface area contributed by atoms with Crippen molar-refractivity contribution in [3.05, 3.63) is 29.8 Å². The van der Waals surface area contributed by atoms with Crippen LogP contribution in [0, 0.1) is 5.41 Å². The number of carbonyl (C=O) groups is 2. The minimum Gasteiger partial charge on any atom is -0.481 e. The molecule has 5 nitrogen and oxygen atoms in total. The number of nitrogen functional groups attached to an aromatic ring is 1. The number of aryl methyl sites for hydroxylation is 1. The first-order valence-electron chi connectivity index (χ1n) is 7.26. The highest BCUT2D eigenvalue weighted by atomic mass is 16.4. The second kappa shape index (κ2) is 6.16. The summed E-state index contributed by atoms with van der Waals surface area (Å²) in [6, 6.07) is 7.53. The van der Waals surface area contributed by atoms with Gasteiger partial charge in [0.2, 0.25) is 5.91 Å². The number of hydrogen-bond acceptors (Lipinski definition) is 3. The summed E-state index contributed by atoms with van der Waals surface area (Å²) in [5.74, 6) is -0.671. The van der Waals surface area contributed by atoms with Crippen LogP contribution in [0.5, 0.6) is 0 Å². The molecule has 1 aliphatic heterocycles. The molecule has 0 saturated carbocycles. The SMILES string of the molecule is CC1(C(=O)O)CCN(C(=O)CCc2ccc(N)cc2)CC1. The Kier molecular flexibility index (Phi) is 4.50. The van der Waals surface area contributed by atoms with E-state index in [4.69, 9.17) is 5.73 Å². The number of piperidine rings is 1. The Morgan fingerprint density at radius 1 is 1.24 bits per heavy atom. The largest absolute Gasteiger partial charge is 0.481 e. The monoisotopic (exact) mass is 290 g/mol. The summed E-state index contributed by atoms with van der Waals surface area (Å²) in [6.07, 6.45) is 2.19. The van der Waals surface area contributed by atoms with Gasteiger partial charge in [-0.05, 0) is 43.9 Å². The Morgan fingerprint density at radius 2 is 1.81 bits per heavy atom. The second-order valence-electron chi connectivity index (χ2n) is 5.99. The van der Waals surface area contributed by atoms with Crippen LogP contribution in [-0.4, -0.2) is 35.0 Å². The van der Waals surface area contributed by atoms with Gasteiger partial charge in [-0.15, -0.1) is 0 Å². The number of nitrogens with two attached hydrogens (primary N) is 1. The van der Waals surface area contributed by atoms with Gasteiger partial charge in [0, 0.05) is 25.2 Å². The molecular formula is C16H22N2O3. The number of amides is 1. The Morgan fingerprint density at radius 3 is 2.33 bits per heavy atom. The van der Waals surface area contributed by atoms with Crippen LogP contribution in [0.4, 0.5) is 5.69 Å². The van der Waals surface area contributed by atoms with Crippen LogP contribution in [0.1, 0.15) is 31.7 Å². The van der Waals surface area contributed by atoms with Crippen molar-refractivity contribution in [2.45, 2.75) is 32.6 Å². The fourth-order valence-electron chi connectivity index (χ4n) is 2.56. The van der Waals surface area contributed by atoms with Gasteiger partial charge in [-0.3, -0.25) is 9.59 Å². The number of carbonyl (C=O) groups excluding carboxylic acids is 1. The molecule has 0 bridgehead atoms. The molecule has 0 atom stereocenters. The first kappa shape index (κ1) is 15.4. The lowest BCUT2D eigenvalue weighted by atomic mass is 9.80. The summed E-state index contributed by atoms with van der Waals surface area (Å²) in [5.41, 5.74) is 6.74. The van der Waals surface area contributed by atoms with E-state index in [1.54, 1.807) is 11.8 Å². The zero-order valence-electron chi connectivity index (χ0n) is 12.3. The number of benzene rings is 1. The molecule has 1 aromatic carbocycles. The Labute approximate surface area is 124 Å². The average molecular weight is 290 g/mol. The molecule has 2 rings (SSSR count). The van der Waals surface area contributed by atoms with Crippen LogP contribution in [-0.2, 0) is 16.0 Å². The Hall–Kier alpha value is -2.04. The summed E-state index contributed by atoms with van der Waals surface area (Å²) in [5, 5.41) is 9.18. The van der Waals surface area contributed by atoms with E-state index in [9.17, 15) is 14.7 Å². The first-order chi connectivity index (χ1) is 9.90. The number of aliphatic carboxylic acids is 1. The third kappa shape index (κ3) is 3.74. The molecule has 0 aromatic heterocycles. The number of carboxylic acid groups (broad SMARTS) is 1. The van der Waals surface area contributed by atoms with Crippen molar-refractivity contribution < 1.29 is 14.7 Å². The van der Waals surface area contributed by atoms with Crippen LogP contribution in [0.15, 0.2) is 24.3 Å². The molecule has 5 heteroatoms. The van der Waals surface area contributed by atoms with Gasteiger partial charge in [0.1, 0.15) is 0 Å². The van der Waals surface area contributed by atoms with Crippen molar-refractivity contribution in [3.8, 4) is 0 Å². The van der Waals surface area contributed by atoms with E-state index in [-0.39, 0.29) is 5.91 Å². The van der Waals surface area contributed by atoms with E-state index in [1.165, 1.54) is 0 Å². The molecular weight excluding hydrogens is 268 g/mol. The maximum absolute atomic E-state index is 12.2. The fourth-order valence-corrected chi connectivity index (χ4v) is 2.56. The third-order valence-electron chi connectivity index (χ3n) is 4.34. The van der Waals surface area contributed by atoms with E-state index in [1.807, 2.05) is 24.3 Å². The molecule has 1 amide bonds. The first-order valence-corrected chi connectivity index (χ1v) is 7.26. The quantitative estimate of drug-likeness (QED) is 0.830. The highest BCUT2D eigenvalue weighted by Crippen LogP contribution is 2.31. The van der Waals surface area contributed by atoms with E-state index in [2.05, 4.69) is 0 Å². The maximum Gasteiger partial charge on any atom is 0.309 e. The maximum atomic E-state index is 12.2. The van der Waals surface area contributed by atoms with Gasteiger partial charge in [-0.25, -0.2) is 0 Å². The van der Waals surface area contributed by atoms with Gasteiger partial charge < -0.3 is 15.7 Å². The molecule has 0 unspecified atom stereocenters. The summed E-state index contributed by atoms with van der Waals surface area (Å²) in [7, 11) is 0. The van der Waals surface area contributed by atoms with Crippen molar-refractivity contribution >= 4 is 17.6 Å². The number of anilines is 1. The van der Waals surface area contributed by atoms with Crippen molar-refractivity contribution in [1.82, 2.24) is 4.90 Å². The minimum atomic E-state index is -0.767. The molecule has 3 N–H and O–H groups in total. The van der Waals surface area contributed by atoms with Crippen molar-refractivity contribution in [3.63, 3.8) is 0 Å². The molecule has 114 valence electrons. The summed E-state index contributed by atoms with van der Waals surface area (Å²) in [4.78, 5) is 25.1. The zero-order chi connectivity index (χ0) is 15.5. The normalized spacial score (nSPS) is 17.5. The molecule has 0 aliphatic carbocycles. The minimum absolute atomic E-state index is 0.0965. The molecule has 1 aliphatic rings. The van der Waals surface area contributed by atoms with E-state index >= 15 is 0 Å². The van der Waals surface area contributed by atoms with E-state index in [0.29, 0.717) is 44.5 Å². The third-order valence-corrected chi connectivity index (χ3v) is 4.34. The lowest BCUT2D eigenvalue weighted by Gasteiger charge is -2.36. The number of nitrogens with zero attached hydrogens (tertiary/aromatic N) is 1. The summed E-state index contributed by atoms with van der Waals surface area (Å²) in [6.45, 7) is 2.82. The summed E-state index contributed by atoms with van der Waals surface area (Å²) >= 11 is 0. The summed E-state index contributed by atoms with van der Waals surface area (Å²) < 4.78 is 0. The van der Waals surface area contributed by atoms with Crippen molar-refractivity contribution in [2.75, 3.05) is 18.8 Å². The zero-order valence-corrected chi connectivity index (χ0v) is 12.3. The predicted octanol–water partition coefficient (Wildman–Crippen LogP) is 1.91. The van der Waals surface area contributed by atoms with Crippen LogP contribution in [0.3, 0.4) is 0 Å². The number of hydrogen-bond donors (Lipinski definition) is 2. The lowest BCUT2D eigenvalue weighted by Crippen LogP contribution is -2.45. The molecule has 21 heavy (non-hydrogen) atoms. The van der Waals surface area contributed by atoms with E-state index in [0.717, 1.165) is 5.56 Å². The Bertz CT molecular complexity index is 517. The van der Waals surface area contributed by atoms with Crippen LogP contribution >= 0.6 is 0 Å². The Balaban J connectivity index is 1.82. The van der Waals surface area contributed by atoms with Gasteiger partial charge in [-0.1, -0.05) is 12.1 Å². The van der Waals surface area contributed by atoms with Crippen LogP contribution < -0.4 is 5.73 Å². The highest BCUT2D eigenvalue weighted by Gasteiger charge is 2.37.